The number of nitrogens with two attached hydrogens (primary N) is 1. The van der Waals surface area contributed by atoms with Crippen LogP contribution in [0.2, 0.25) is 0 Å². The number of carbonyl (C=O) groups is 1. The maximum atomic E-state index is 12.8. The van der Waals surface area contributed by atoms with Crippen LogP contribution in [0.5, 0.6) is 0 Å². The van der Waals surface area contributed by atoms with E-state index in [2.05, 4.69) is 23.2 Å². The normalized spacial score (nSPS) is 17.5. The van der Waals surface area contributed by atoms with Crippen LogP contribution in [0.4, 0.5) is 5.69 Å². The van der Waals surface area contributed by atoms with Gasteiger partial charge in [-0.2, -0.15) is 11.8 Å². The van der Waals surface area contributed by atoms with Gasteiger partial charge in [-0.1, -0.05) is 42.5 Å². The number of anilines is 1. The molecule has 4 nitrogen and oxygen atoms in total. The van der Waals surface area contributed by atoms with Gasteiger partial charge in [0.25, 0.3) is 0 Å². The Bertz CT molecular complexity index is 755. The Kier molecular flexibility index (Phi) is 6.01. The molecular weight excluding hydrogens is 342 g/mol. The van der Waals surface area contributed by atoms with Crippen molar-refractivity contribution in [2.75, 3.05) is 29.9 Å². The molecule has 1 saturated heterocycles. The number of rotatable bonds is 5. The molecule has 3 rings (SSSR count). The van der Waals surface area contributed by atoms with Crippen LogP contribution in [0.1, 0.15) is 23.6 Å². The third-order valence-electron chi connectivity index (χ3n) is 5.04. The van der Waals surface area contributed by atoms with Gasteiger partial charge in [0.2, 0.25) is 5.91 Å². The largest absolute Gasteiger partial charge is 0.324 e. The molecule has 2 aromatic carbocycles. The molecule has 0 radical (unpaired) electrons. The highest BCUT2D eigenvalue weighted by Gasteiger charge is 2.30. The highest BCUT2D eigenvalue weighted by Crippen LogP contribution is 2.25. The Morgan fingerprint density at radius 3 is 2.54 bits per heavy atom. The van der Waals surface area contributed by atoms with E-state index in [0.717, 1.165) is 36.4 Å². The zero-order valence-electron chi connectivity index (χ0n) is 15.5. The summed E-state index contributed by atoms with van der Waals surface area (Å²) < 4.78 is 0. The van der Waals surface area contributed by atoms with Crippen molar-refractivity contribution in [1.29, 1.82) is 0 Å². The molecule has 3 N–H and O–H groups in total. The van der Waals surface area contributed by atoms with Crippen molar-refractivity contribution in [3.05, 3.63) is 65.2 Å². The third kappa shape index (κ3) is 4.29. The summed E-state index contributed by atoms with van der Waals surface area (Å²) in [4.78, 5) is 15.3. The zero-order valence-corrected chi connectivity index (χ0v) is 16.3. The second kappa shape index (κ2) is 8.25. The standard InChI is InChI=1S/C21H27N3OS/c1-16-17(15-24-11-13-26-14-12-24)7-6-10-19(16)23-20(25)21(2,22)18-8-4-3-5-9-18/h3-10H,11-15,22H2,1-2H3,(H,23,25). The molecule has 0 saturated carbocycles. The van der Waals surface area contributed by atoms with Crippen LogP contribution in [-0.2, 0) is 16.9 Å². The Balaban J connectivity index is 1.75. The molecule has 5 heteroatoms. The molecule has 0 spiro atoms. The van der Waals surface area contributed by atoms with Gasteiger partial charge in [0, 0.05) is 36.8 Å². The van der Waals surface area contributed by atoms with Crippen LogP contribution in [0.15, 0.2) is 48.5 Å². The van der Waals surface area contributed by atoms with Crippen LogP contribution in [0.25, 0.3) is 0 Å². The molecule has 1 aliphatic rings. The summed E-state index contributed by atoms with van der Waals surface area (Å²) in [7, 11) is 0. The van der Waals surface area contributed by atoms with Crippen molar-refractivity contribution >= 4 is 23.4 Å². The Morgan fingerprint density at radius 2 is 1.85 bits per heavy atom. The average molecular weight is 370 g/mol. The van der Waals surface area contributed by atoms with E-state index in [9.17, 15) is 4.79 Å². The van der Waals surface area contributed by atoms with E-state index < -0.39 is 5.54 Å². The van der Waals surface area contributed by atoms with Gasteiger partial charge in [-0.15, -0.1) is 0 Å². The maximum absolute atomic E-state index is 12.8. The van der Waals surface area contributed by atoms with Crippen molar-refractivity contribution < 1.29 is 4.79 Å². The highest BCUT2D eigenvalue weighted by molar-refractivity contribution is 7.99. The van der Waals surface area contributed by atoms with E-state index in [1.807, 2.05) is 54.2 Å². The number of amides is 1. The first-order chi connectivity index (χ1) is 12.5. The monoisotopic (exact) mass is 369 g/mol. The lowest BCUT2D eigenvalue weighted by Crippen LogP contribution is -2.45. The lowest BCUT2D eigenvalue weighted by atomic mass is 9.92. The molecule has 0 aliphatic carbocycles. The quantitative estimate of drug-likeness (QED) is 0.848. The molecular formula is C21H27N3OS. The molecule has 1 heterocycles. The fourth-order valence-electron chi connectivity index (χ4n) is 3.16. The van der Waals surface area contributed by atoms with Crippen LogP contribution in [0.3, 0.4) is 0 Å². The average Bonchev–Trinajstić information content (AvgIpc) is 2.66. The minimum Gasteiger partial charge on any atom is -0.324 e. The Hall–Kier alpha value is -1.82. The summed E-state index contributed by atoms with van der Waals surface area (Å²) in [6.45, 7) is 6.99. The van der Waals surface area contributed by atoms with E-state index in [-0.39, 0.29) is 5.91 Å². The molecule has 26 heavy (non-hydrogen) atoms. The van der Waals surface area contributed by atoms with Gasteiger partial charge in [0.15, 0.2) is 0 Å². The molecule has 1 amide bonds. The second-order valence-electron chi connectivity index (χ2n) is 7.00. The van der Waals surface area contributed by atoms with Crippen LogP contribution >= 0.6 is 11.8 Å². The number of hydrogen-bond donors (Lipinski definition) is 2. The molecule has 0 bridgehead atoms. The SMILES string of the molecule is Cc1c(CN2CCSCC2)cccc1NC(=O)C(C)(N)c1ccccc1. The summed E-state index contributed by atoms with van der Waals surface area (Å²) >= 11 is 2.01. The van der Waals surface area contributed by atoms with Crippen molar-refractivity contribution in [3.8, 4) is 0 Å². The highest BCUT2D eigenvalue weighted by atomic mass is 32.2. The van der Waals surface area contributed by atoms with Gasteiger partial charge in [0.1, 0.15) is 5.54 Å². The van der Waals surface area contributed by atoms with Crippen molar-refractivity contribution in [3.63, 3.8) is 0 Å². The Morgan fingerprint density at radius 1 is 1.15 bits per heavy atom. The van der Waals surface area contributed by atoms with Gasteiger partial charge in [0.05, 0.1) is 0 Å². The van der Waals surface area contributed by atoms with Gasteiger partial charge in [-0.3, -0.25) is 9.69 Å². The topological polar surface area (TPSA) is 58.4 Å². The number of nitrogens with zero attached hydrogens (tertiary/aromatic N) is 1. The van der Waals surface area contributed by atoms with E-state index >= 15 is 0 Å². The molecule has 138 valence electrons. The minimum atomic E-state index is -1.08. The fraction of sp³-hybridized carbons (Fsp3) is 0.381. The third-order valence-corrected chi connectivity index (χ3v) is 5.98. The number of carbonyl (C=O) groups excluding carboxylic acids is 1. The lowest BCUT2D eigenvalue weighted by Gasteiger charge is -2.28. The second-order valence-corrected chi connectivity index (χ2v) is 8.23. The molecule has 1 atom stereocenters. The van der Waals surface area contributed by atoms with Crippen molar-refractivity contribution in [2.24, 2.45) is 5.73 Å². The smallest absolute Gasteiger partial charge is 0.248 e. The van der Waals surface area contributed by atoms with E-state index in [4.69, 9.17) is 5.73 Å². The Labute approximate surface area is 160 Å². The molecule has 2 aromatic rings. The van der Waals surface area contributed by atoms with E-state index in [1.54, 1.807) is 6.92 Å². The first-order valence-electron chi connectivity index (χ1n) is 9.03. The lowest BCUT2D eigenvalue weighted by molar-refractivity contribution is -0.120. The van der Waals surface area contributed by atoms with Crippen molar-refractivity contribution in [1.82, 2.24) is 4.90 Å². The predicted octanol–water partition coefficient (Wildman–Crippen LogP) is 3.36. The summed E-state index contributed by atoms with van der Waals surface area (Å²) in [6.07, 6.45) is 0. The van der Waals surface area contributed by atoms with Crippen LogP contribution < -0.4 is 11.1 Å². The number of benzene rings is 2. The van der Waals surface area contributed by atoms with Gasteiger partial charge >= 0.3 is 0 Å². The van der Waals surface area contributed by atoms with Gasteiger partial charge in [-0.05, 0) is 36.6 Å². The number of nitrogens with one attached hydrogen (secondary N) is 1. The molecule has 1 fully saturated rings. The first kappa shape index (κ1) is 19.0. The minimum absolute atomic E-state index is 0.196. The summed E-state index contributed by atoms with van der Waals surface area (Å²) in [5, 5.41) is 3.04. The predicted molar refractivity (Wildman–Crippen MR) is 110 cm³/mol. The zero-order chi connectivity index (χ0) is 18.6. The van der Waals surface area contributed by atoms with E-state index in [1.165, 1.54) is 17.1 Å². The molecule has 1 unspecified atom stereocenters. The summed E-state index contributed by atoms with van der Waals surface area (Å²) in [5.74, 6) is 2.19. The number of hydrogen-bond acceptors (Lipinski definition) is 4. The van der Waals surface area contributed by atoms with E-state index in [0.29, 0.717) is 0 Å². The van der Waals surface area contributed by atoms with Crippen LogP contribution in [-0.4, -0.2) is 35.4 Å². The fourth-order valence-corrected chi connectivity index (χ4v) is 4.14. The maximum Gasteiger partial charge on any atom is 0.248 e. The first-order valence-corrected chi connectivity index (χ1v) is 10.2. The van der Waals surface area contributed by atoms with Crippen LogP contribution in [0, 0.1) is 6.92 Å². The van der Waals surface area contributed by atoms with Gasteiger partial charge < -0.3 is 11.1 Å². The number of thioether (sulfide) groups is 1. The molecule has 1 aliphatic heterocycles. The molecule has 0 aromatic heterocycles. The summed E-state index contributed by atoms with van der Waals surface area (Å²) in [5.41, 5.74) is 9.28. The summed E-state index contributed by atoms with van der Waals surface area (Å²) in [6, 6.07) is 15.6. The van der Waals surface area contributed by atoms with Crippen molar-refractivity contribution in [2.45, 2.75) is 25.9 Å². The van der Waals surface area contributed by atoms with Gasteiger partial charge in [-0.25, -0.2) is 0 Å².